The zero-order chi connectivity index (χ0) is 13.5. The molecule has 0 saturated carbocycles. The fraction of sp³-hybridized carbons (Fsp3) is 0.333. The molecule has 0 aliphatic heterocycles. The summed E-state index contributed by atoms with van der Waals surface area (Å²) in [5.74, 6) is -1.29. The van der Waals surface area contributed by atoms with Crippen molar-refractivity contribution < 1.29 is 19.4 Å². The highest BCUT2D eigenvalue weighted by Gasteiger charge is 2.09. The molecule has 0 aliphatic rings. The predicted molar refractivity (Wildman–Crippen MR) is 68.2 cm³/mol. The molecule has 2 N–H and O–H groups in total. The van der Waals surface area contributed by atoms with E-state index in [1.807, 2.05) is 0 Å². The number of ether oxygens (including phenoxy) is 1. The van der Waals surface area contributed by atoms with Crippen LogP contribution in [0.3, 0.4) is 0 Å². The largest absolute Gasteiger partial charge is 0.478 e. The number of hydrogen-bond acceptors (Lipinski definition) is 3. The summed E-state index contributed by atoms with van der Waals surface area (Å²) in [6.07, 6.45) is 0.889. The summed E-state index contributed by atoms with van der Waals surface area (Å²) in [5, 5.41) is 11.7. The number of carbonyl (C=O) groups excluding carboxylic acids is 1. The van der Waals surface area contributed by atoms with Gasteiger partial charge in [0.1, 0.15) is 0 Å². The normalized spacial score (nSPS) is 10.1. The Hall–Kier alpha value is -1.59. The summed E-state index contributed by atoms with van der Waals surface area (Å²) in [4.78, 5) is 22.3. The van der Waals surface area contributed by atoms with Crippen molar-refractivity contribution >= 4 is 29.2 Å². The molecular weight excluding hydrogens is 258 g/mol. The van der Waals surface area contributed by atoms with E-state index in [0.717, 1.165) is 0 Å². The Morgan fingerprint density at radius 3 is 2.78 bits per heavy atom. The van der Waals surface area contributed by atoms with Gasteiger partial charge in [0, 0.05) is 20.1 Å². The highest BCUT2D eigenvalue weighted by molar-refractivity contribution is 6.33. The summed E-state index contributed by atoms with van der Waals surface area (Å²) < 4.78 is 4.83. The summed E-state index contributed by atoms with van der Waals surface area (Å²) >= 11 is 5.87. The molecule has 1 aromatic carbocycles. The molecule has 6 heteroatoms. The smallest absolute Gasteiger partial charge is 0.335 e. The number of hydrogen-bond donors (Lipinski definition) is 2. The van der Waals surface area contributed by atoms with Crippen molar-refractivity contribution in [2.75, 3.05) is 19.0 Å². The second kappa shape index (κ2) is 6.98. The van der Waals surface area contributed by atoms with Crippen molar-refractivity contribution in [3.8, 4) is 0 Å². The molecule has 1 rings (SSSR count). The number of carbonyl (C=O) groups is 2. The number of amides is 1. The highest BCUT2D eigenvalue weighted by Crippen LogP contribution is 2.23. The van der Waals surface area contributed by atoms with Gasteiger partial charge in [-0.15, -0.1) is 0 Å². The van der Waals surface area contributed by atoms with E-state index in [1.165, 1.54) is 18.2 Å². The van der Waals surface area contributed by atoms with Crippen molar-refractivity contribution in [3.05, 3.63) is 28.8 Å². The number of halogens is 1. The molecule has 0 unspecified atom stereocenters. The third-order valence-electron chi connectivity index (χ3n) is 2.24. The highest BCUT2D eigenvalue weighted by atomic mass is 35.5. The van der Waals surface area contributed by atoms with Gasteiger partial charge < -0.3 is 15.2 Å². The first-order valence-electron chi connectivity index (χ1n) is 5.36. The number of benzene rings is 1. The monoisotopic (exact) mass is 271 g/mol. The number of carboxylic acid groups (broad SMARTS) is 1. The Bertz CT molecular complexity index is 448. The van der Waals surface area contributed by atoms with Gasteiger partial charge in [0.25, 0.3) is 0 Å². The molecule has 0 saturated heterocycles. The summed E-state index contributed by atoms with van der Waals surface area (Å²) in [6, 6.07) is 4.15. The summed E-state index contributed by atoms with van der Waals surface area (Å²) in [7, 11) is 1.56. The first-order valence-corrected chi connectivity index (χ1v) is 5.74. The minimum absolute atomic E-state index is 0.0755. The van der Waals surface area contributed by atoms with E-state index in [4.69, 9.17) is 21.4 Å². The average molecular weight is 272 g/mol. The SMILES string of the molecule is COCCCC(=O)Nc1cc(C(=O)O)ccc1Cl. The van der Waals surface area contributed by atoms with Crippen molar-refractivity contribution in [2.45, 2.75) is 12.8 Å². The molecule has 1 amide bonds. The minimum atomic E-state index is -1.07. The van der Waals surface area contributed by atoms with E-state index >= 15 is 0 Å². The number of carboxylic acids is 1. The van der Waals surface area contributed by atoms with Crippen LogP contribution in [0.4, 0.5) is 5.69 Å². The maximum Gasteiger partial charge on any atom is 0.335 e. The van der Waals surface area contributed by atoms with Crippen LogP contribution in [-0.4, -0.2) is 30.7 Å². The lowest BCUT2D eigenvalue weighted by Crippen LogP contribution is -2.13. The van der Waals surface area contributed by atoms with Gasteiger partial charge in [0.15, 0.2) is 0 Å². The third kappa shape index (κ3) is 4.35. The second-order valence-corrected chi connectivity index (χ2v) is 4.05. The maximum atomic E-state index is 11.5. The Morgan fingerprint density at radius 1 is 1.44 bits per heavy atom. The quantitative estimate of drug-likeness (QED) is 0.779. The second-order valence-electron chi connectivity index (χ2n) is 3.64. The van der Waals surface area contributed by atoms with Gasteiger partial charge in [0.05, 0.1) is 16.3 Å². The standard InChI is InChI=1S/C12H14ClNO4/c1-18-6-2-3-11(15)14-10-7-8(12(16)17)4-5-9(10)13/h4-5,7H,2-3,6H2,1H3,(H,14,15)(H,16,17). The van der Waals surface area contributed by atoms with Crippen LogP contribution in [0, 0.1) is 0 Å². The zero-order valence-corrected chi connectivity index (χ0v) is 10.7. The van der Waals surface area contributed by atoms with Gasteiger partial charge in [-0.2, -0.15) is 0 Å². The summed E-state index contributed by atoms with van der Waals surface area (Å²) in [6.45, 7) is 0.496. The number of rotatable bonds is 6. The van der Waals surface area contributed by atoms with Crippen LogP contribution in [0.2, 0.25) is 5.02 Å². The predicted octanol–water partition coefficient (Wildman–Crippen LogP) is 2.40. The number of anilines is 1. The third-order valence-corrected chi connectivity index (χ3v) is 2.57. The molecular formula is C12H14ClNO4. The Kier molecular flexibility index (Phi) is 5.61. The molecule has 0 spiro atoms. The van der Waals surface area contributed by atoms with Crippen LogP contribution in [0.25, 0.3) is 0 Å². The Morgan fingerprint density at radius 2 is 2.17 bits per heavy atom. The summed E-state index contributed by atoms with van der Waals surface area (Å²) in [5.41, 5.74) is 0.380. The minimum Gasteiger partial charge on any atom is -0.478 e. The fourth-order valence-electron chi connectivity index (χ4n) is 1.34. The van der Waals surface area contributed by atoms with Crippen molar-refractivity contribution in [1.82, 2.24) is 0 Å². The number of methoxy groups -OCH3 is 1. The van der Waals surface area contributed by atoms with Crippen molar-refractivity contribution in [3.63, 3.8) is 0 Å². The zero-order valence-electron chi connectivity index (χ0n) is 9.90. The topological polar surface area (TPSA) is 75.6 Å². The van der Waals surface area contributed by atoms with Crippen LogP contribution in [-0.2, 0) is 9.53 Å². The van der Waals surface area contributed by atoms with Gasteiger partial charge >= 0.3 is 5.97 Å². The van der Waals surface area contributed by atoms with E-state index < -0.39 is 5.97 Å². The lowest BCUT2D eigenvalue weighted by atomic mass is 10.2. The van der Waals surface area contributed by atoms with Gasteiger partial charge in [-0.05, 0) is 24.6 Å². The Balaban J connectivity index is 2.68. The van der Waals surface area contributed by atoms with E-state index in [-0.39, 0.29) is 11.5 Å². The molecule has 18 heavy (non-hydrogen) atoms. The van der Waals surface area contributed by atoms with E-state index in [1.54, 1.807) is 7.11 Å². The molecule has 0 fully saturated rings. The maximum absolute atomic E-state index is 11.5. The van der Waals surface area contributed by atoms with E-state index in [0.29, 0.717) is 30.2 Å². The van der Waals surface area contributed by atoms with Gasteiger partial charge in [0.2, 0.25) is 5.91 Å². The molecule has 0 aliphatic carbocycles. The van der Waals surface area contributed by atoms with Crippen LogP contribution in [0.15, 0.2) is 18.2 Å². The van der Waals surface area contributed by atoms with Crippen molar-refractivity contribution in [1.29, 1.82) is 0 Å². The lowest BCUT2D eigenvalue weighted by Gasteiger charge is -2.08. The van der Waals surface area contributed by atoms with Crippen LogP contribution in [0.5, 0.6) is 0 Å². The molecule has 98 valence electrons. The molecule has 5 nitrogen and oxygen atoms in total. The van der Waals surface area contributed by atoms with E-state index in [9.17, 15) is 9.59 Å². The van der Waals surface area contributed by atoms with Crippen molar-refractivity contribution in [2.24, 2.45) is 0 Å². The number of aromatic carboxylic acids is 1. The molecule has 1 aromatic rings. The average Bonchev–Trinajstić information content (AvgIpc) is 2.32. The first-order chi connectivity index (χ1) is 8.54. The molecule has 0 bridgehead atoms. The molecule has 0 radical (unpaired) electrons. The lowest BCUT2D eigenvalue weighted by molar-refractivity contribution is -0.116. The van der Waals surface area contributed by atoms with Gasteiger partial charge in [-0.25, -0.2) is 4.79 Å². The van der Waals surface area contributed by atoms with Crippen LogP contribution in [0.1, 0.15) is 23.2 Å². The van der Waals surface area contributed by atoms with Crippen LogP contribution >= 0.6 is 11.6 Å². The fourth-order valence-corrected chi connectivity index (χ4v) is 1.51. The molecule has 0 aromatic heterocycles. The molecule has 0 heterocycles. The number of nitrogens with one attached hydrogen (secondary N) is 1. The first kappa shape index (κ1) is 14.5. The van der Waals surface area contributed by atoms with Gasteiger partial charge in [-0.3, -0.25) is 4.79 Å². The molecule has 0 atom stereocenters. The van der Waals surface area contributed by atoms with E-state index in [2.05, 4.69) is 5.32 Å². The van der Waals surface area contributed by atoms with Crippen LogP contribution < -0.4 is 5.32 Å². The van der Waals surface area contributed by atoms with Gasteiger partial charge in [-0.1, -0.05) is 11.6 Å². The Labute approximate surface area is 110 Å².